The van der Waals surface area contributed by atoms with Gasteiger partial charge in [-0.3, -0.25) is 0 Å². The quantitative estimate of drug-likeness (QED) is 0.435. The summed E-state index contributed by atoms with van der Waals surface area (Å²) in [7, 11) is 1.81. The third kappa shape index (κ3) is 12.6. The predicted octanol–water partition coefficient (Wildman–Crippen LogP) is 2.66. The van der Waals surface area contributed by atoms with Crippen LogP contribution in [-0.2, 0) is 18.5 Å². The topological polar surface area (TPSA) is 52.6 Å². The van der Waals surface area contributed by atoms with Crippen LogP contribution in [-0.4, -0.2) is 40.6 Å². The molecule has 0 aliphatic rings. The lowest BCUT2D eigenvalue weighted by molar-refractivity contribution is 0.0268. The Morgan fingerprint density at radius 1 is 1.11 bits per heavy atom. The maximum Gasteiger partial charge on any atom is 0.232 e. The fourth-order valence-electron chi connectivity index (χ4n) is 1.59. The van der Waals surface area contributed by atoms with Gasteiger partial charge in [0.1, 0.15) is 0 Å². The highest BCUT2D eigenvalue weighted by molar-refractivity contribution is 8.13. The van der Waals surface area contributed by atoms with E-state index in [4.69, 9.17) is 20.2 Å². The largest absolute Gasteiger partial charge is 0.379 e. The highest BCUT2D eigenvalue weighted by atomic mass is 35.7. The molecule has 0 aliphatic carbocycles. The molecule has 0 aromatic rings. The number of hydrogen-bond acceptors (Lipinski definition) is 4. The van der Waals surface area contributed by atoms with Gasteiger partial charge in [0.15, 0.2) is 0 Å². The number of halogens is 1. The summed E-state index contributed by atoms with van der Waals surface area (Å²) in [5.74, 6) is 0.469. The van der Waals surface area contributed by atoms with Crippen LogP contribution in [0, 0.1) is 11.8 Å². The van der Waals surface area contributed by atoms with Crippen molar-refractivity contribution in [3.05, 3.63) is 0 Å². The minimum atomic E-state index is -3.44. The normalized spacial score (nSPS) is 14.1. The smallest absolute Gasteiger partial charge is 0.232 e. The molecular formula is C12H25ClO4S. The molecule has 0 rings (SSSR count). The Kier molecular flexibility index (Phi) is 10.1. The van der Waals surface area contributed by atoms with E-state index >= 15 is 0 Å². The summed E-state index contributed by atoms with van der Waals surface area (Å²) in [6.07, 6.45) is 1.73. The Labute approximate surface area is 115 Å². The summed E-state index contributed by atoms with van der Waals surface area (Å²) in [6.45, 7) is 8.37. The third-order valence-corrected chi connectivity index (χ3v) is 3.56. The molecule has 0 aromatic heterocycles. The summed E-state index contributed by atoms with van der Waals surface area (Å²) in [5, 5.41) is 0. The lowest BCUT2D eigenvalue weighted by Crippen LogP contribution is -2.19. The second-order valence-electron chi connectivity index (χ2n) is 4.90. The molecule has 1 atom stereocenters. The van der Waals surface area contributed by atoms with Crippen LogP contribution in [0.2, 0.25) is 0 Å². The molecule has 0 aromatic carbocycles. The van der Waals surface area contributed by atoms with Crippen LogP contribution in [0.1, 0.15) is 33.6 Å². The zero-order chi connectivity index (χ0) is 14.0. The van der Waals surface area contributed by atoms with Gasteiger partial charge in [0.2, 0.25) is 9.05 Å². The molecule has 0 amide bonds. The Balaban J connectivity index is 3.71. The predicted molar refractivity (Wildman–Crippen MR) is 74.5 cm³/mol. The van der Waals surface area contributed by atoms with E-state index in [2.05, 4.69) is 13.8 Å². The standard InChI is InChI=1S/C12H25ClO4S/c1-4-5-12(10-18(13,14)15)9-17-7-6-16-8-11(2)3/h11-12H,4-10H2,1-3H3. The molecule has 0 bridgehead atoms. The van der Waals surface area contributed by atoms with Crippen molar-refractivity contribution in [2.24, 2.45) is 11.8 Å². The molecule has 0 saturated carbocycles. The van der Waals surface area contributed by atoms with Gasteiger partial charge in [-0.2, -0.15) is 0 Å². The lowest BCUT2D eigenvalue weighted by atomic mass is 10.1. The molecule has 0 heterocycles. The van der Waals surface area contributed by atoms with E-state index in [-0.39, 0.29) is 11.7 Å². The van der Waals surface area contributed by atoms with Gasteiger partial charge in [-0.1, -0.05) is 27.2 Å². The molecule has 0 spiro atoms. The second-order valence-corrected chi connectivity index (χ2v) is 7.73. The van der Waals surface area contributed by atoms with Crippen molar-refractivity contribution in [3.8, 4) is 0 Å². The minimum absolute atomic E-state index is 0.0186. The fourth-order valence-corrected chi connectivity index (χ4v) is 2.95. The highest BCUT2D eigenvalue weighted by Gasteiger charge is 2.16. The first-order chi connectivity index (χ1) is 8.35. The monoisotopic (exact) mass is 300 g/mol. The average molecular weight is 301 g/mol. The van der Waals surface area contributed by atoms with Crippen molar-refractivity contribution in [1.29, 1.82) is 0 Å². The number of rotatable bonds is 11. The van der Waals surface area contributed by atoms with E-state index < -0.39 is 9.05 Å². The SMILES string of the molecule is CCCC(COCCOCC(C)C)CS(=O)(=O)Cl. The first-order valence-electron chi connectivity index (χ1n) is 6.43. The van der Waals surface area contributed by atoms with Crippen molar-refractivity contribution >= 4 is 19.7 Å². The van der Waals surface area contributed by atoms with Gasteiger partial charge in [-0.25, -0.2) is 8.42 Å². The molecule has 1 unspecified atom stereocenters. The van der Waals surface area contributed by atoms with Gasteiger partial charge in [-0.05, 0) is 18.3 Å². The van der Waals surface area contributed by atoms with Crippen molar-refractivity contribution < 1.29 is 17.9 Å². The molecule has 110 valence electrons. The molecule has 0 aliphatic heterocycles. The van der Waals surface area contributed by atoms with Crippen LogP contribution < -0.4 is 0 Å². The van der Waals surface area contributed by atoms with Gasteiger partial charge in [-0.15, -0.1) is 0 Å². The number of ether oxygens (including phenoxy) is 2. The molecule has 0 saturated heterocycles. The molecule has 0 N–H and O–H groups in total. The Morgan fingerprint density at radius 3 is 2.11 bits per heavy atom. The van der Waals surface area contributed by atoms with Crippen molar-refractivity contribution in [2.75, 3.05) is 32.2 Å². The van der Waals surface area contributed by atoms with Gasteiger partial charge in [0.25, 0.3) is 0 Å². The average Bonchev–Trinajstić information content (AvgIpc) is 2.20. The van der Waals surface area contributed by atoms with E-state index in [1.165, 1.54) is 0 Å². The first-order valence-corrected chi connectivity index (χ1v) is 8.90. The Hall–Kier alpha value is 0.160. The van der Waals surface area contributed by atoms with Crippen LogP contribution in [0.3, 0.4) is 0 Å². The second kappa shape index (κ2) is 10.0. The summed E-state index contributed by atoms with van der Waals surface area (Å²) < 4.78 is 32.8. The summed E-state index contributed by atoms with van der Waals surface area (Å²) in [4.78, 5) is 0. The number of hydrogen-bond donors (Lipinski definition) is 0. The van der Waals surface area contributed by atoms with Crippen LogP contribution >= 0.6 is 10.7 Å². The zero-order valence-electron chi connectivity index (χ0n) is 11.5. The van der Waals surface area contributed by atoms with E-state index in [9.17, 15) is 8.42 Å². The van der Waals surface area contributed by atoms with Crippen LogP contribution in [0.15, 0.2) is 0 Å². The third-order valence-electron chi connectivity index (χ3n) is 2.31. The molecule has 18 heavy (non-hydrogen) atoms. The first kappa shape index (κ1) is 18.2. The van der Waals surface area contributed by atoms with Crippen molar-refractivity contribution in [3.63, 3.8) is 0 Å². The van der Waals surface area contributed by atoms with Crippen LogP contribution in [0.5, 0.6) is 0 Å². The van der Waals surface area contributed by atoms with Gasteiger partial charge < -0.3 is 9.47 Å². The zero-order valence-corrected chi connectivity index (χ0v) is 13.1. The Morgan fingerprint density at radius 2 is 1.67 bits per heavy atom. The summed E-state index contributed by atoms with van der Waals surface area (Å²) in [6, 6.07) is 0. The maximum absolute atomic E-state index is 11.0. The molecule has 0 fully saturated rings. The van der Waals surface area contributed by atoms with E-state index in [1.807, 2.05) is 6.92 Å². The minimum Gasteiger partial charge on any atom is -0.379 e. The van der Waals surface area contributed by atoms with E-state index in [0.29, 0.717) is 25.7 Å². The fraction of sp³-hybridized carbons (Fsp3) is 1.00. The molecule has 0 radical (unpaired) electrons. The van der Waals surface area contributed by atoms with Crippen LogP contribution in [0.4, 0.5) is 0 Å². The maximum atomic E-state index is 11.0. The van der Waals surface area contributed by atoms with E-state index in [1.54, 1.807) is 0 Å². The van der Waals surface area contributed by atoms with Crippen molar-refractivity contribution in [2.45, 2.75) is 33.6 Å². The molecule has 4 nitrogen and oxygen atoms in total. The van der Waals surface area contributed by atoms with Gasteiger partial charge >= 0.3 is 0 Å². The lowest BCUT2D eigenvalue weighted by Gasteiger charge is -2.14. The van der Waals surface area contributed by atoms with Crippen molar-refractivity contribution in [1.82, 2.24) is 0 Å². The van der Waals surface area contributed by atoms with Gasteiger partial charge in [0, 0.05) is 17.3 Å². The molecular weight excluding hydrogens is 276 g/mol. The van der Waals surface area contributed by atoms with Gasteiger partial charge in [0.05, 0.1) is 25.6 Å². The highest BCUT2D eigenvalue weighted by Crippen LogP contribution is 2.12. The summed E-state index contributed by atoms with van der Waals surface area (Å²) in [5.41, 5.74) is 0. The van der Waals surface area contributed by atoms with E-state index in [0.717, 1.165) is 19.4 Å². The molecule has 6 heteroatoms. The van der Waals surface area contributed by atoms with Crippen LogP contribution in [0.25, 0.3) is 0 Å². The summed E-state index contributed by atoms with van der Waals surface area (Å²) >= 11 is 0. The Bertz CT molecular complexity index is 290.